The van der Waals surface area contributed by atoms with E-state index in [0.717, 1.165) is 5.69 Å². The molecule has 33 heavy (non-hydrogen) atoms. The van der Waals surface area contributed by atoms with E-state index < -0.39 is 6.03 Å². The maximum Gasteiger partial charge on any atom is 0.323 e. The third kappa shape index (κ3) is 4.75. The van der Waals surface area contributed by atoms with Crippen molar-refractivity contribution in [1.82, 2.24) is 39.5 Å². The Morgan fingerprint density at radius 2 is 1.79 bits per heavy atom. The highest BCUT2D eigenvalue weighted by molar-refractivity contribution is 6.32. The SMILES string of the molecule is CC(C)N(C)[C@H](C)c1c(NC(=O)Nc2cnc(-n3nccn3)c(Cl)c2)cnc2cc(Cl)nn12. The molecule has 0 fully saturated rings. The second-order valence-corrected chi connectivity index (χ2v) is 8.45. The van der Waals surface area contributed by atoms with Crippen molar-refractivity contribution in [3.05, 3.63) is 52.8 Å². The van der Waals surface area contributed by atoms with E-state index in [-0.39, 0.29) is 17.1 Å². The van der Waals surface area contributed by atoms with Crippen LogP contribution in [0.5, 0.6) is 0 Å². The maximum atomic E-state index is 12.8. The lowest BCUT2D eigenvalue weighted by molar-refractivity contribution is 0.205. The fourth-order valence-corrected chi connectivity index (χ4v) is 3.73. The molecular weight excluding hydrogens is 467 g/mol. The van der Waals surface area contributed by atoms with E-state index in [2.05, 4.69) is 54.6 Å². The van der Waals surface area contributed by atoms with E-state index in [4.69, 9.17) is 23.2 Å². The molecule has 0 aliphatic heterocycles. The minimum Gasteiger partial charge on any atom is -0.306 e. The van der Waals surface area contributed by atoms with Crippen molar-refractivity contribution < 1.29 is 4.79 Å². The van der Waals surface area contributed by atoms with E-state index in [1.807, 2.05) is 14.0 Å². The molecule has 13 heteroatoms. The average molecular weight is 489 g/mol. The van der Waals surface area contributed by atoms with Gasteiger partial charge in [-0.05, 0) is 33.9 Å². The Hall–Kier alpha value is -3.28. The number of anilines is 2. The highest BCUT2D eigenvalue weighted by Gasteiger charge is 2.23. The third-order valence-electron chi connectivity index (χ3n) is 5.25. The van der Waals surface area contributed by atoms with Crippen LogP contribution in [-0.4, -0.2) is 58.6 Å². The quantitative estimate of drug-likeness (QED) is 0.419. The molecule has 0 saturated heterocycles. The minimum atomic E-state index is -0.488. The predicted molar refractivity (Wildman–Crippen MR) is 126 cm³/mol. The van der Waals surface area contributed by atoms with Gasteiger partial charge in [0.2, 0.25) is 0 Å². The number of carbonyl (C=O) groups excluding carboxylic acids is 1. The number of nitrogens with one attached hydrogen (secondary N) is 2. The number of nitrogens with zero attached hydrogens (tertiary/aromatic N) is 8. The van der Waals surface area contributed by atoms with Crippen molar-refractivity contribution in [2.75, 3.05) is 17.7 Å². The number of urea groups is 1. The van der Waals surface area contributed by atoms with E-state index in [0.29, 0.717) is 28.0 Å². The maximum absolute atomic E-state index is 12.8. The summed E-state index contributed by atoms with van der Waals surface area (Å²) in [4.78, 5) is 24.8. The first kappa shape index (κ1) is 22.9. The molecule has 0 aliphatic rings. The molecule has 0 spiro atoms. The molecule has 2 N–H and O–H groups in total. The van der Waals surface area contributed by atoms with Gasteiger partial charge in [0.05, 0.1) is 52.9 Å². The summed E-state index contributed by atoms with van der Waals surface area (Å²) in [7, 11) is 2.00. The monoisotopic (exact) mass is 488 g/mol. The summed E-state index contributed by atoms with van der Waals surface area (Å²) in [6.07, 6.45) is 6.09. The number of amides is 2. The number of aromatic nitrogens is 7. The van der Waals surface area contributed by atoms with Crippen LogP contribution in [0.1, 0.15) is 32.5 Å². The van der Waals surface area contributed by atoms with E-state index in [9.17, 15) is 4.79 Å². The number of rotatable bonds is 6. The van der Waals surface area contributed by atoms with Crippen LogP contribution in [0.25, 0.3) is 11.5 Å². The summed E-state index contributed by atoms with van der Waals surface area (Å²) in [5, 5.41) is 18.5. The van der Waals surface area contributed by atoms with Gasteiger partial charge in [0.1, 0.15) is 0 Å². The molecule has 0 aromatic carbocycles. The normalized spacial score (nSPS) is 12.5. The second kappa shape index (κ2) is 9.30. The molecule has 0 saturated carbocycles. The lowest BCUT2D eigenvalue weighted by Crippen LogP contribution is -2.32. The topological polar surface area (TPSA) is 118 Å². The molecular formula is C20H22Cl2N10O. The Kier molecular flexibility index (Phi) is 6.45. The first-order valence-electron chi connectivity index (χ1n) is 10.1. The lowest BCUT2D eigenvalue weighted by atomic mass is 10.1. The lowest BCUT2D eigenvalue weighted by Gasteiger charge is -2.30. The van der Waals surface area contributed by atoms with Gasteiger partial charge in [-0.25, -0.2) is 19.3 Å². The summed E-state index contributed by atoms with van der Waals surface area (Å²) >= 11 is 12.4. The Morgan fingerprint density at radius 1 is 1.06 bits per heavy atom. The third-order valence-corrected chi connectivity index (χ3v) is 5.71. The van der Waals surface area contributed by atoms with E-state index in [1.54, 1.807) is 22.8 Å². The van der Waals surface area contributed by atoms with Crippen LogP contribution >= 0.6 is 23.2 Å². The average Bonchev–Trinajstić information content (AvgIpc) is 3.41. The van der Waals surface area contributed by atoms with Gasteiger partial charge >= 0.3 is 6.03 Å². The first-order valence-corrected chi connectivity index (χ1v) is 10.9. The summed E-state index contributed by atoms with van der Waals surface area (Å²) in [6.45, 7) is 6.20. The van der Waals surface area contributed by atoms with Crippen LogP contribution in [0, 0.1) is 0 Å². The fraction of sp³-hybridized carbons (Fsp3) is 0.300. The van der Waals surface area contributed by atoms with Crippen molar-refractivity contribution in [1.29, 1.82) is 0 Å². The number of hydrogen-bond donors (Lipinski definition) is 2. The van der Waals surface area contributed by atoms with E-state index in [1.165, 1.54) is 23.4 Å². The zero-order valence-corrected chi connectivity index (χ0v) is 19.9. The van der Waals surface area contributed by atoms with Crippen molar-refractivity contribution in [3.63, 3.8) is 0 Å². The van der Waals surface area contributed by atoms with Gasteiger partial charge < -0.3 is 10.6 Å². The fourth-order valence-electron chi connectivity index (χ4n) is 3.32. The van der Waals surface area contributed by atoms with Crippen molar-refractivity contribution in [3.8, 4) is 5.82 Å². The van der Waals surface area contributed by atoms with Gasteiger partial charge in [-0.3, -0.25) is 4.90 Å². The summed E-state index contributed by atoms with van der Waals surface area (Å²) in [6, 6.07) is 2.90. The van der Waals surface area contributed by atoms with Gasteiger partial charge in [-0.1, -0.05) is 23.2 Å². The largest absolute Gasteiger partial charge is 0.323 e. The zero-order chi connectivity index (χ0) is 23.7. The van der Waals surface area contributed by atoms with Crippen LogP contribution in [-0.2, 0) is 0 Å². The smallest absolute Gasteiger partial charge is 0.306 e. The molecule has 4 heterocycles. The summed E-state index contributed by atoms with van der Waals surface area (Å²) in [5.74, 6) is 0.352. The van der Waals surface area contributed by atoms with Crippen molar-refractivity contribution in [2.45, 2.75) is 32.9 Å². The Labute approximate surface area is 199 Å². The number of halogens is 2. The molecule has 4 aromatic rings. The van der Waals surface area contributed by atoms with Crippen LogP contribution in [0.15, 0.2) is 36.9 Å². The number of pyridine rings is 1. The molecule has 0 bridgehead atoms. The number of carbonyl (C=O) groups is 1. The number of hydrogen-bond acceptors (Lipinski definition) is 7. The summed E-state index contributed by atoms with van der Waals surface area (Å²) < 4.78 is 1.64. The molecule has 1 atom stereocenters. The Balaban J connectivity index is 1.60. The molecule has 0 radical (unpaired) electrons. The molecule has 2 amide bonds. The molecule has 4 rings (SSSR count). The highest BCUT2D eigenvalue weighted by Crippen LogP contribution is 2.29. The standard InChI is InChI=1S/C20H22Cl2N10O/c1-11(2)30(4)12(3)18-15(10-23-17-8-16(22)29-31(17)18)28-20(33)27-13-7-14(21)19(24-9-13)32-25-5-6-26-32/h5-12H,1-4H3,(H2,27,28,33)/t12-/m1/s1. The van der Waals surface area contributed by atoms with Crippen LogP contribution < -0.4 is 10.6 Å². The van der Waals surface area contributed by atoms with Crippen LogP contribution in [0.3, 0.4) is 0 Å². The molecule has 4 aromatic heterocycles. The first-order chi connectivity index (χ1) is 15.7. The van der Waals surface area contributed by atoms with Crippen molar-refractivity contribution >= 4 is 46.3 Å². The number of fused-ring (bicyclic) bond motifs is 1. The van der Waals surface area contributed by atoms with Crippen LogP contribution in [0.4, 0.5) is 16.2 Å². The summed E-state index contributed by atoms with van der Waals surface area (Å²) in [5.41, 5.74) is 2.23. The highest BCUT2D eigenvalue weighted by atomic mass is 35.5. The van der Waals surface area contributed by atoms with Crippen LogP contribution in [0.2, 0.25) is 10.2 Å². The Bertz CT molecular complexity index is 1290. The molecule has 11 nitrogen and oxygen atoms in total. The van der Waals surface area contributed by atoms with Gasteiger partial charge in [0.25, 0.3) is 0 Å². The molecule has 0 unspecified atom stereocenters. The molecule has 172 valence electrons. The predicted octanol–water partition coefficient (Wildman–Crippen LogP) is 4.06. The van der Waals surface area contributed by atoms with Crippen molar-refractivity contribution in [2.24, 2.45) is 0 Å². The van der Waals surface area contributed by atoms with Gasteiger partial charge in [0, 0.05) is 12.1 Å². The molecule has 0 aliphatic carbocycles. The van der Waals surface area contributed by atoms with Gasteiger partial charge in [0.15, 0.2) is 16.6 Å². The Morgan fingerprint density at radius 3 is 2.45 bits per heavy atom. The van der Waals surface area contributed by atoms with Gasteiger partial charge in [-0.2, -0.15) is 15.3 Å². The minimum absolute atomic E-state index is 0.0984. The van der Waals surface area contributed by atoms with Gasteiger partial charge in [-0.15, -0.1) is 4.80 Å². The zero-order valence-electron chi connectivity index (χ0n) is 18.4. The second-order valence-electron chi connectivity index (χ2n) is 7.66. The van der Waals surface area contributed by atoms with E-state index >= 15 is 0 Å².